The normalized spacial score (nSPS) is 11.3. The maximum absolute atomic E-state index is 11.9. The summed E-state index contributed by atoms with van der Waals surface area (Å²) in [6, 6.07) is 4.94. The second-order valence-electron chi connectivity index (χ2n) is 5.21. The molecule has 0 amide bonds. The van der Waals surface area contributed by atoms with Crippen LogP contribution < -0.4 is 10.2 Å². The van der Waals surface area contributed by atoms with Gasteiger partial charge in [-0.1, -0.05) is 25.4 Å². The summed E-state index contributed by atoms with van der Waals surface area (Å²) in [6.07, 6.45) is 2.26. The van der Waals surface area contributed by atoms with E-state index in [2.05, 4.69) is 34.1 Å². The molecular formula is C15H22ClN5O. The van der Waals surface area contributed by atoms with E-state index in [-0.39, 0.29) is 0 Å². The maximum Gasteiger partial charge on any atom is 0.290 e. The molecule has 0 atom stereocenters. The molecule has 0 fully saturated rings. The number of rotatable bonds is 8. The van der Waals surface area contributed by atoms with E-state index in [4.69, 9.17) is 11.6 Å². The van der Waals surface area contributed by atoms with Crippen molar-refractivity contribution in [2.45, 2.75) is 26.7 Å². The number of hydrogen-bond acceptors (Lipinski definition) is 5. The van der Waals surface area contributed by atoms with Crippen molar-refractivity contribution in [2.24, 2.45) is 0 Å². The van der Waals surface area contributed by atoms with E-state index in [1.807, 2.05) is 0 Å². The number of aromatic nitrogens is 3. The third-order valence-corrected chi connectivity index (χ3v) is 3.58. The van der Waals surface area contributed by atoms with Crippen molar-refractivity contribution in [3.05, 3.63) is 28.4 Å². The summed E-state index contributed by atoms with van der Waals surface area (Å²) in [6.45, 7) is 8.10. The summed E-state index contributed by atoms with van der Waals surface area (Å²) >= 11 is 5.94. The van der Waals surface area contributed by atoms with Gasteiger partial charge in [0.25, 0.3) is 11.5 Å². The fourth-order valence-electron chi connectivity index (χ4n) is 2.39. The minimum absolute atomic E-state index is 0.331. The molecule has 0 radical (unpaired) electrons. The lowest BCUT2D eigenvalue weighted by Crippen LogP contribution is -2.35. The fourth-order valence-corrected chi connectivity index (χ4v) is 2.56. The van der Waals surface area contributed by atoms with Crippen LogP contribution in [0.1, 0.15) is 26.7 Å². The number of hydrogen-bond donors (Lipinski definition) is 1. The van der Waals surface area contributed by atoms with E-state index in [9.17, 15) is 5.21 Å². The van der Waals surface area contributed by atoms with Crippen LogP contribution in [0.25, 0.3) is 11.0 Å². The van der Waals surface area contributed by atoms with Gasteiger partial charge < -0.3 is 15.4 Å². The molecule has 6 nitrogen and oxygen atoms in total. The van der Waals surface area contributed by atoms with Crippen LogP contribution in [0.3, 0.4) is 0 Å². The molecule has 0 spiro atoms. The number of nitrogens with zero attached hydrogens (tertiary/aromatic N) is 4. The second-order valence-corrected chi connectivity index (χ2v) is 5.65. The third kappa shape index (κ3) is 4.42. The maximum atomic E-state index is 11.9. The Morgan fingerprint density at radius 1 is 1.23 bits per heavy atom. The van der Waals surface area contributed by atoms with Crippen LogP contribution in [0.2, 0.25) is 5.02 Å². The van der Waals surface area contributed by atoms with Gasteiger partial charge >= 0.3 is 0 Å². The van der Waals surface area contributed by atoms with E-state index in [1.165, 1.54) is 0 Å². The Hall–Kier alpha value is -1.66. The average molecular weight is 324 g/mol. The number of halogens is 1. The topological polar surface area (TPSA) is 68.0 Å². The number of nitrogens with one attached hydrogen (secondary N) is 1. The standard InChI is InChI=1S/C15H22ClN5O/c1-3-8-20(9-4-2)10-7-17-15-18-13-11-12(16)5-6-14(13)21(22)19-15/h5-6,11H,3-4,7-10H2,1-2H3,(H,17,18,19). The molecule has 0 saturated heterocycles. The number of benzene rings is 1. The van der Waals surface area contributed by atoms with Crippen molar-refractivity contribution in [3.8, 4) is 0 Å². The lowest BCUT2D eigenvalue weighted by molar-refractivity contribution is -0.641. The Kier molecular flexibility index (Phi) is 6.15. The highest BCUT2D eigenvalue weighted by atomic mass is 35.5. The predicted octanol–water partition coefficient (Wildman–Crippen LogP) is 2.45. The van der Waals surface area contributed by atoms with Gasteiger partial charge in [-0.2, -0.15) is 0 Å². The lowest BCUT2D eigenvalue weighted by Gasteiger charge is -2.20. The molecule has 0 aliphatic carbocycles. The zero-order valence-electron chi connectivity index (χ0n) is 13.0. The summed E-state index contributed by atoms with van der Waals surface area (Å²) in [5.41, 5.74) is 0.951. The van der Waals surface area contributed by atoms with Crippen molar-refractivity contribution in [2.75, 3.05) is 31.5 Å². The first-order valence-electron chi connectivity index (χ1n) is 7.67. The molecule has 1 N–H and O–H groups in total. The lowest BCUT2D eigenvalue weighted by atomic mass is 10.3. The molecular weight excluding hydrogens is 302 g/mol. The van der Waals surface area contributed by atoms with Gasteiger partial charge in [0.05, 0.1) is 5.10 Å². The highest BCUT2D eigenvalue weighted by molar-refractivity contribution is 6.31. The van der Waals surface area contributed by atoms with Crippen molar-refractivity contribution >= 4 is 28.6 Å². The van der Waals surface area contributed by atoms with Crippen LogP contribution >= 0.6 is 11.6 Å². The van der Waals surface area contributed by atoms with Crippen LogP contribution in [-0.4, -0.2) is 41.2 Å². The highest BCUT2D eigenvalue weighted by Gasteiger charge is 2.11. The van der Waals surface area contributed by atoms with Crippen LogP contribution in [0.4, 0.5) is 5.95 Å². The molecule has 22 heavy (non-hydrogen) atoms. The van der Waals surface area contributed by atoms with Crippen molar-refractivity contribution in [3.63, 3.8) is 0 Å². The van der Waals surface area contributed by atoms with Gasteiger partial charge in [0.2, 0.25) is 0 Å². The molecule has 0 bridgehead atoms. The molecule has 2 rings (SSSR count). The van der Waals surface area contributed by atoms with Gasteiger partial charge in [0, 0.05) is 24.2 Å². The molecule has 0 aliphatic heterocycles. The summed E-state index contributed by atoms with van der Waals surface area (Å²) in [7, 11) is 0. The van der Waals surface area contributed by atoms with Crippen LogP contribution in [-0.2, 0) is 0 Å². The molecule has 2 aromatic rings. The Labute approximate surface area is 135 Å². The molecule has 1 aromatic carbocycles. The Morgan fingerprint density at radius 2 is 1.95 bits per heavy atom. The minimum Gasteiger partial charge on any atom is -0.594 e. The molecule has 7 heteroatoms. The van der Waals surface area contributed by atoms with E-state index in [0.29, 0.717) is 33.4 Å². The first kappa shape index (κ1) is 16.7. The highest BCUT2D eigenvalue weighted by Crippen LogP contribution is 2.15. The predicted molar refractivity (Wildman–Crippen MR) is 89.0 cm³/mol. The quantitative estimate of drug-likeness (QED) is 0.597. The van der Waals surface area contributed by atoms with Gasteiger partial charge in [0.15, 0.2) is 0 Å². The van der Waals surface area contributed by atoms with E-state index in [1.54, 1.807) is 18.2 Å². The fraction of sp³-hybridized carbons (Fsp3) is 0.533. The van der Waals surface area contributed by atoms with E-state index < -0.39 is 0 Å². The van der Waals surface area contributed by atoms with Gasteiger partial charge in [-0.3, -0.25) is 0 Å². The van der Waals surface area contributed by atoms with Gasteiger partial charge in [-0.25, -0.2) is 4.98 Å². The van der Waals surface area contributed by atoms with Crippen LogP contribution in [0.15, 0.2) is 18.2 Å². The number of fused-ring (bicyclic) bond motifs is 1. The summed E-state index contributed by atoms with van der Waals surface area (Å²) < 4.78 is 0. The molecule has 120 valence electrons. The van der Waals surface area contributed by atoms with E-state index >= 15 is 0 Å². The molecule has 0 unspecified atom stereocenters. The smallest absolute Gasteiger partial charge is 0.290 e. The first-order valence-corrected chi connectivity index (χ1v) is 8.05. The second kappa shape index (κ2) is 8.10. The molecule has 0 saturated carbocycles. The monoisotopic (exact) mass is 323 g/mol. The van der Waals surface area contributed by atoms with E-state index in [0.717, 1.165) is 32.5 Å². The van der Waals surface area contributed by atoms with Gasteiger partial charge in [-0.15, -0.1) is 0 Å². The van der Waals surface area contributed by atoms with Gasteiger partial charge in [0.1, 0.15) is 5.52 Å². The van der Waals surface area contributed by atoms with Gasteiger partial charge in [-0.05, 0) is 42.9 Å². The van der Waals surface area contributed by atoms with Crippen molar-refractivity contribution in [1.82, 2.24) is 15.0 Å². The zero-order chi connectivity index (χ0) is 15.9. The average Bonchev–Trinajstić information content (AvgIpc) is 2.47. The Bertz CT molecular complexity index is 616. The summed E-state index contributed by atoms with van der Waals surface area (Å²) in [5, 5.41) is 19.4. The Balaban J connectivity index is 2.02. The molecule has 1 aromatic heterocycles. The SMILES string of the molecule is CCCN(CCC)CCNc1nc2cc(Cl)ccc2[n+]([O-])n1. The Morgan fingerprint density at radius 3 is 2.64 bits per heavy atom. The first-order chi connectivity index (χ1) is 10.6. The third-order valence-electron chi connectivity index (χ3n) is 3.35. The molecule has 0 aliphatic rings. The zero-order valence-corrected chi connectivity index (χ0v) is 13.8. The summed E-state index contributed by atoms with van der Waals surface area (Å²) in [5.74, 6) is 0.331. The van der Waals surface area contributed by atoms with Crippen LogP contribution in [0.5, 0.6) is 0 Å². The summed E-state index contributed by atoms with van der Waals surface area (Å²) in [4.78, 5) is 7.30. The number of anilines is 1. The van der Waals surface area contributed by atoms with Crippen LogP contribution in [0, 0.1) is 5.21 Å². The van der Waals surface area contributed by atoms with Crippen molar-refractivity contribution in [1.29, 1.82) is 0 Å². The van der Waals surface area contributed by atoms with Crippen molar-refractivity contribution < 1.29 is 4.85 Å². The largest absolute Gasteiger partial charge is 0.594 e. The minimum atomic E-state index is 0.331. The molecule has 1 heterocycles.